The lowest BCUT2D eigenvalue weighted by Gasteiger charge is -2.10. The third-order valence-corrected chi connectivity index (χ3v) is 4.88. The molecule has 0 spiro atoms. The first-order valence-corrected chi connectivity index (χ1v) is 6.76. The first-order valence-electron chi connectivity index (χ1n) is 4.78. The van der Waals surface area contributed by atoms with Crippen LogP contribution in [-0.4, -0.2) is 5.11 Å². The molecular weight excluding hydrogens is 308 g/mol. The summed E-state index contributed by atoms with van der Waals surface area (Å²) in [5.41, 5.74) is 0.748. The Bertz CT molecular complexity index is 490. The van der Waals surface area contributed by atoms with Crippen molar-refractivity contribution in [3.63, 3.8) is 0 Å². The van der Waals surface area contributed by atoms with Crippen LogP contribution in [0, 0.1) is 6.92 Å². The fourth-order valence-corrected chi connectivity index (χ4v) is 3.27. The second kappa shape index (κ2) is 4.88. The zero-order valence-electron chi connectivity index (χ0n) is 8.58. The predicted molar refractivity (Wildman–Crippen MR) is 72.3 cm³/mol. The van der Waals surface area contributed by atoms with Crippen LogP contribution in [0.25, 0.3) is 0 Å². The van der Waals surface area contributed by atoms with E-state index in [9.17, 15) is 5.11 Å². The summed E-state index contributed by atoms with van der Waals surface area (Å²) in [4.78, 5) is 2.05. The minimum absolute atomic E-state index is 0.595. The van der Waals surface area contributed by atoms with Gasteiger partial charge < -0.3 is 5.11 Å². The van der Waals surface area contributed by atoms with Crippen molar-refractivity contribution >= 4 is 38.9 Å². The van der Waals surface area contributed by atoms with Crippen LogP contribution in [-0.2, 0) is 0 Å². The average molecular weight is 318 g/mol. The van der Waals surface area contributed by atoms with Crippen LogP contribution in [0.3, 0.4) is 0 Å². The highest BCUT2D eigenvalue weighted by Crippen LogP contribution is 2.35. The van der Waals surface area contributed by atoms with Crippen LogP contribution < -0.4 is 0 Å². The average Bonchev–Trinajstić information content (AvgIpc) is 2.59. The van der Waals surface area contributed by atoms with Crippen molar-refractivity contribution in [2.75, 3.05) is 0 Å². The van der Waals surface area contributed by atoms with Gasteiger partial charge in [0.25, 0.3) is 0 Å². The number of aryl methyl sites for hydroxylation is 1. The second-order valence-corrected chi connectivity index (χ2v) is 6.03. The molecule has 0 amide bonds. The minimum Gasteiger partial charge on any atom is -0.383 e. The Labute approximate surface area is 112 Å². The molecule has 16 heavy (non-hydrogen) atoms. The van der Waals surface area contributed by atoms with Crippen LogP contribution in [0.5, 0.6) is 0 Å². The fraction of sp³-hybridized carbons (Fsp3) is 0.167. The third kappa shape index (κ3) is 2.33. The van der Waals surface area contributed by atoms with Gasteiger partial charge in [-0.1, -0.05) is 29.8 Å². The number of aliphatic hydroxyl groups is 1. The molecule has 0 bridgehead atoms. The molecule has 1 heterocycles. The molecule has 2 rings (SSSR count). The van der Waals surface area contributed by atoms with E-state index in [1.165, 1.54) is 0 Å². The number of hydrogen-bond acceptors (Lipinski definition) is 2. The molecular formula is C12H10BrClOS. The van der Waals surface area contributed by atoms with Gasteiger partial charge in [-0.25, -0.2) is 0 Å². The maximum Gasteiger partial charge on any atom is 0.115 e. The third-order valence-electron chi connectivity index (χ3n) is 2.35. The highest BCUT2D eigenvalue weighted by Gasteiger charge is 2.16. The van der Waals surface area contributed by atoms with Crippen molar-refractivity contribution in [2.45, 2.75) is 13.0 Å². The summed E-state index contributed by atoms with van der Waals surface area (Å²) in [6, 6.07) is 9.30. The van der Waals surface area contributed by atoms with Crippen LogP contribution in [0.1, 0.15) is 21.4 Å². The topological polar surface area (TPSA) is 20.2 Å². The lowest BCUT2D eigenvalue weighted by Crippen LogP contribution is -1.97. The van der Waals surface area contributed by atoms with E-state index in [0.29, 0.717) is 5.02 Å². The summed E-state index contributed by atoms with van der Waals surface area (Å²) in [5.74, 6) is 0. The maximum atomic E-state index is 10.2. The number of thiophene rings is 1. The molecule has 4 heteroatoms. The molecule has 1 N–H and O–H groups in total. The zero-order chi connectivity index (χ0) is 11.7. The summed E-state index contributed by atoms with van der Waals surface area (Å²) < 4.78 is 1.03. The second-order valence-electron chi connectivity index (χ2n) is 3.48. The standard InChI is InChI=1S/C12H10BrClOS/c1-7-9(13)6-11(16-7)12(15)8-4-2-3-5-10(8)14/h2-6,12,15H,1H3. The number of rotatable bonds is 2. The van der Waals surface area contributed by atoms with Crippen LogP contribution in [0.4, 0.5) is 0 Å². The summed E-state index contributed by atoms with van der Waals surface area (Å²) in [7, 11) is 0. The Morgan fingerprint density at radius 3 is 2.62 bits per heavy atom. The molecule has 2 aromatic rings. The van der Waals surface area contributed by atoms with Crippen molar-refractivity contribution < 1.29 is 5.11 Å². The van der Waals surface area contributed by atoms with E-state index in [1.807, 2.05) is 31.2 Å². The van der Waals surface area contributed by atoms with Gasteiger partial charge in [-0.05, 0) is 35.0 Å². The molecule has 0 saturated carbocycles. The molecule has 0 saturated heterocycles. The molecule has 1 unspecified atom stereocenters. The van der Waals surface area contributed by atoms with E-state index in [-0.39, 0.29) is 0 Å². The Morgan fingerprint density at radius 1 is 1.38 bits per heavy atom. The molecule has 0 radical (unpaired) electrons. The summed E-state index contributed by atoms with van der Waals surface area (Å²) >= 11 is 11.1. The Balaban J connectivity index is 2.39. The summed E-state index contributed by atoms with van der Waals surface area (Å²) in [6.07, 6.45) is -0.649. The van der Waals surface area contributed by atoms with Crippen LogP contribution in [0.2, 0.25) is 5.02 Å². The SMILES string of the molecule is Cc1sc(C(O)c2ccccc2Cl)cc1Br. The van der Waals surface area contributed by atoms with Crippen molar-refractivity contribution in [2.24, 2.45) is 0 Å². The Morgan fingerprint density at radius 2 is 2.06 bits per heavy atom. The molecule has 0 aliphatic carbocycles. The number of hydrogen-bond donors (Lipinski definition) is 1. The lowest BCUT2D eigenvalue weighted by atomic mass is 10.1. The zero-order valence-corrected chi connectivity index (χ0v) is 11.7. The summed E-state index contributed by atoms with van der Waals surface area (Å²) in [5, 5.41) is 10.8. The number of halogens is 2. The van der Waals surface area contributed by atoms with E-state index in [1.54, 1.807) is 17.4 Å². The van der Waals surface area contributed by atoms with Crippen molar-refractivity contribution in [1.29, 1.82) is 0 Å². The maximum absolute atomic E-state index is 10.2. The first kappa shape index (κ1) is 12.1. The molecule has 1 atom stereocenters. The number of aliphatic hydroxyl groups excluding tert-OH is 1. The largest absolute Gasteiger partial charge is 0.383 e. The molecule has 1 aromatic heterocycles. The Hall–Kier alpha value is -0.350. The summed E-state index contributed by atoms with van der Waals surface area (Å²) in [6.45, 7) is 2.01. The van der Waals surface area contributed by atoms with E-state index in [0.717, 1.165) is 19.8 Å². The molecule has 84 valence electrons. The molecule has 0 aliphatic heterocycles. The first-order chi connectivity index (χ1) is 7.59. The lowest BCUT2D eigenvalue weighted by molar-refractivity contribution is 0.224. The van der Waals surface area contributed by atoms with Crippen molar-refractivity contribution in [3.8, 4) is 0 Å². The molecule has 0 aliphatic rings. The van der Waals surface area contributed by atoms with Gasteiger partial charge in [-0.2, -0.15) is 0 Å². The highest BCUT2D eigenvalue weighted by molar-refractivity contribution is 9.10. The van der Waals surface area contributed by atoms with Gasteiger partial charge >= 0.3 is 0 Å². The number of benzene rings is 1. The van der Waals surface area contributed by atoms with Gasteiger partial charge in [-0.3, -0.25) is 0 Å². The normalized spacial score (nSPS) is 12.8. The van der Waals surface area contributed by atoms with Gasteiger partial charge in [0.05, 0.1) is 0 Å². The fourth-order valence-electron chi connectivity index (χ4n) is 1.47. The smallest absolute Gasteiger partial charge is 0.115 e. The Kier molecular flexibility index (Phi) is 3.70. The highest BCUT2D eigenvalue weighted by atomic mass is 79.9. The van der Waals surface area contributed by atoms with Crippen LogP contribution >= 0.6 is 38.9 Å². The monoisotopic (exact) mass is 316 g/mol. The van der Waals surface area contributed by atoms with Gasteiger partial charge in [0.2, 0.25) is 0 Å². The van der Waals surface area contributed by atoms with E-state index in [4.69, 9.17) is 11.6 Å². The molecule has 1 nitrogen and oxygen atoms in total. The van der Waals surface area contributed by atoms with Crippen LogP contribution in [0.15, 0.2) is 34.8 Å². The molecule has 0 fully saturated rings. The quantitative estimate of drug-likeness (QED) is 0.861. The van der Waals surface area contributed by atoms with Gasteiger partial charge in [0, 0.05) is 24.8 Å². The van der Waals surface area contributed by atoms with Gasteiger partial charge in [-0.15, -0.1) is 11.3 Å². The predicted octanol–water partition coefficient (Wildman–Crippen LogP) is 4.55. The molecule has 1 aromatic carbocycles. The van der Waals surface area contributed by atoms with Gasteiger partial charge in [0.1, 0.15) is 6.10 Å². The van der Waals surface area contributed by atoms with Gasteiger partial charge in [0.15, 0.2) is 0 Å². The van der Waals surface area contributed by atoms with Crippen molar-refractivity contribution in [1.82, 2.24) is 0 Å². The van der Waals surface area contributed by atoms with E-state index in [2.05, 4.69) is 15.9 Å². The van der Waals surface area contributed by atoms with Crippen molar-refractivity contribution in [3.05, 3.63) is 55.1 Å². The van der Waals surface area contributed by atoms with E-state index >= 15 is 0 Å². The van der Waals surface area contributed by atoms with E-state index < -0.39 is 6.10 Å². The minimum atomic E-state index is -0.649.